The van der Waals surface area contributed by atoms with Crippen LogP contribution in [0.2, 0.25) is 0 Å². The average Bonchev–Trinajstić information content (AvgIpc) is 3.12. The van der Waals surface area contributed by atoms with Gasteiger partial charge < -0.3 is 10.1 Å². The Balaban J connectivity index is 1.92. The highest BCUT2D eigenvalue weighted by Gasteiger charge is 2.23. The first kappa shape index (κ1) is 22.5. The first-order valence-corrected chi connectivity index (χ1v) is 11.1. The van der Waals surface area contributed by atoms with Gasteiger partial charge in [-0.25, -0.2) is 21.6 Å². The monoisotopic (exact) mass is 445 g/mol. The number of pyridine rings is 1. The fraction of sp³-hybridized carbons (Fsp3) is 0.273. The van der Waals surface area contributed by atoms with Gasteiger partial charge in [-0.3, -0.25) is 4.98 Å². The van der Waals surface area contributed by atoms with Gasteiger partial charge in [-0.1, -0.05) is 12.1 Å². The minimum absolute atomic E-state index is 0.0124. The van der Waals surface area contributed by atoms with Crippen LogP contribution in [0.4, 0.5) is 9.18 Å². The molecule has 0 aliphatic rings. The van der Waals surface area contributed by atoms with Gasteiger partial charge in [0.1, 0.15) is 16.3 Å². The average molecular weight is 446 g/mol. The molecule has 0 aliphatic heterocycles. The number of hydrogen-bond donors (Lipinski definition) is 1. The minimum Gasteiger partial charge on any atom is -0.444 e. The van der Waals surface area contributed by atoms with Crippen LogP contribution in [0.25, 0.3) is 11.3 Å². The smallest absolute Gasteiger partial charge is 0.407 e. The lowest BCUT2D eigenvalue weighted by Crippen LogP contribution is -2.33. The van der Waals surface area contributed by atoms with E-state index in [0.717, 1.165) is 3.97 Å². The van der Waals surface area contributed by atoms with Gasteiger partial charge in [-0.15, -0.1) is 0 Å². The minimum atomic E-state index is -4.00. The summed E-state index contributed by atoms with van der Waals surface area (Å²) < 4.78 is 47.1. The molecular formula is C22H24FN3O4S. The van der Waals surface area contributed by atoms with Crippen molar-refractivity contribution >= 4 is 16.1 Å². The van der Waals surface area contributed by atoms with E-state index < -0.39 is 27.5 Å². The van der Waals surface area contributed by atoms with Crippen molar-refractivity contribution in [2.75, 3.05) is 6.54 Å². The summed E-state index contributed by atoms with van der Waals surface area (Å²) in [6.07, 6.45) is 3.91. The first-order valence-electron chi connectivity index (χ1n) is 9.66. The van der Waals surface area contributed by atoms with Crippen molar-refractivity contribution in [3.63, 3.8) is 0 Å². The van der Waals surface area contributed by atoms with Crippen molar-refractivity contribution in [1.29, 1.82) is 0 Å². The van der Waals surface area contributed by atoms with E-state index in [1.54, 1.807) is 32.9 Å². The van der Waals surface area contributed by atoms with Crippen LogP contribution in [-0.2, 0) is 21.2 Å². The quantitative estimate of drug-likeness (QED) is 0.620. The van der Waals surface area contributed by atoms with Gasteiger partial charge in [0.15, 0.2) is 0 Å². The highest BCUT2D eigenvalue weighted by molar-refractivity contribution is 7.90. The van der Waals surface area contributed by atoms with E-state index in [2.05, 4.69) is 10.3 Å². The van der Waals surface area contributed by atoms with Crippen molar-refractivity contribution < 1.29 is 22.3 Å². The molecule has 0 spiro atoms. The largest absolute Gasteiger partial charge is 0.444 e. The zero-order valence-electron chi connectivity index (χ0n) is 17.5. The Hall–Kier alpha value is -3.20. The molecule has 7 nitrogen and oxygen atoms in total. The van der Waals surface area contributed by atoms with Crippen LogP contribution < -0.4 is 5.32 Å². The summed E-state index contributed by atoms with van der Waals surface area (Å²) in [5, 5.41) is 2.63. The van der Waals surface area contributed by atoms with Gasteiger partial charge in [0.05, 0.1) is 5.69 Å². The molecule has 31 heavy (non-hydrogen) atoms. The van der Waals surface area contributed by atoms with Crippen molar-refractivity contribution in [2.45, 2.75) is 37.7 Å². The Bertz CT molecular complexity index is 1170. The predicted octanol–water partition coefficient (Wildman–Crippen LogP) is 3.99. The number of hydrogen-bond acceptors (Lipinski definition) is 5. The number of amides is 1. The molecule has 9 heteroatoms. The Morgan fingerprint density at radius 3 is 2.58 bits per heavy atom. The topological polar surface area (TPSA) is 90.3 Å². The third kappa shape index (κ3) is 5.49. The molecule has 0 fully saturated rings. The number of carbonyl (C=O) groups is 1. The lowest BCUT2D eigenvalue weighted by atomic mass is 10.1. The van der Waals surface area contributed by atoms with Gasteiger partial charge in [0.25, 0.3) is 10.0 Å². The Kier molecular flexibility index (Phi) is 6.45. The molecule has 0 aliphatic carbocycles. The standard InChI is InChI=1S/C22H24FN3O4S/c1-22(2,3)30-21(27)25-12-10-16-13-20(18-8-4-5-9-19(18)23)26(15-16)31(28,29)17-7-6-11-24-14-17/h4-9,11,13-15H,10,12H2,1-3H3,(H,25,27). The number of benzene rings is 1. The molecule has 0 unspecified atom stereocenters. The number of halogens is 1. The molecule has 0 saturated carbocycles. The fourth-order valence-corrected chi connectivity index (χ4v) is 4.29. The summed E-state index contributed by atoms with van der Waals surface area (Å²) in [7, 11) is -4.00. The molecule has 2 heterocycles. The summed E-state index contributed by atoms with van der Waals surface area (Å²) in [5.74, 6) is -0.540. The summed E-state index contributed by atoms with van der Waals surface area (Å²) in [5.41, 5.74) is 0.334. The molecule has 1 amide bonds. The zero-order valence-corrected chi connectivity index (χ0v) is 18.3. The van der Waals surface area contributed by atoms with E-state index in [1.165, 1.54) is 48.9 Å². The molecule has 1 aromatic carbocycles. The maximum atomic E-state index is 14.5. The summed E-state index contributed by atoms with van der Waals surface area (Å²) in [6, 6.07) is 10.5. The van der Waals surface area contributed by atoms with E-state index in [-0.39, 0.29) is 22.7 Å². The predicted molar refractivity (Wildman–Crippen MR) is 115 cm³/mol. The van der Waals surface area contributed by atoms with Crippen molar-refractivity contribution in [1.82, 2.24) is 14.3 Å². The highest BCUT2D eigenvalue weighted by Crippen LogP contribution is 2.29. The van der Waals surface area contributed by atoms with Crippen LogP contribution in [0.3, 0.4) is 0 Å². The number of nitrogens with one attached hydrogen (secondary N) is 1. The molecule has 0 bridgehead atoms. The van der Waals surface area contributed by atoms with Gasteiger partial charge in [0.2, 0.25) is 0 Å². The second-order valence-electron chi connectivity index (χ2n) is 7.88. The number of carbonyl (C=O) groups excluding carboxylic acids is 1. The molecule has 2 aromatic heterocycles. The third-order valence-corrected chi connectivity index (χ3v) is 5.92. The molecule has 0 radical (unpaired) electrons. The molecular weight excluding hydrogens is 421 g/mol. The van der Waals surface area contributed by atoms with Gasteiger partial charge >= 0.3 is 6.09 Å². The Morgan fingerprint density at radius 1 is 1.19 bits per heavy atom. The second kappa shape index (κ2) is 8.89. The fourth-order valence-electron chi connectivity index (χ4n) is 2.93. The lowest BCUT2D eigenvalue weighted by Gasteiger charge is -2.19. The number of nitrogens with zero attached hydrogens (tertiary/aromatic N) is 2. The molecule has 0 atom stereocenters. The maximum Gasteiger partial charge on any atom is 0.407 e. The second-order valence-corrected chi connectivity index (χ2v) is 9.70. The van der Waals surface area contributed by atoms with Gasteiger partial charge in [-0.05, 0) is 63.1 Å². The normalized spacial score (nSPS) is 11.9. The van der Waals surface area contributed by atoms with E-state index in [4.69, 9.17) is 4.74 Å². The van der Waals surface area contributed by atoms with Crippen LogP contribution in [0.1, 0.15) is 26.3 Å². The van der Waals surface area contributed by atoms with Crippen molar-refractivity contribution in [3.8, 4) is 11.3 Å². The molecule has 1 N–H and O–H groups in total. The number of rotatable bonds is 6. The Labute approximate surface area is 180 Å². The molecule has 164 valence electrons. The first-order chi connectivity index (χ1) is 14.6. The Morgan fingerprint density at radius 2 is 1.94 bits per heavy atom. The van der Waals surface area contributed by atoms with Crippen LogP contribution in [0.5, 0.6) is 0 Å². The van der Waals surface area contributed by atoms with E-state index in [0.29, 0.717) is 12.0 Å². The van der Waals surface area contributed by atoms with Gasteiger partial charge in [0, 0.05) is 30.7 Å². The number of ether oxygens (including phenoxy) is 1. The van der Waals surface area contributed by atoms with Crippen LogP contribution >= 0.6 is 0 Å². The molecule has 3 aromatic rings. The summed E-state index contributed by atoms with van der Waals surface area (Å²) >= 11 is 0. The zero-order chi connectivity index (χ0) is 22.6. The van der Waals surface area contributed by atoms with E-state index in [9.17, 15) is 17.6 Å². The van der Waals surface area contributed by atoms with Crippen LogP contribution in [0, 0.1) is 5.82 Å². The molecule has 3 rings (SSSR count). The van der Waals surface area contributed by atoms with E-state index in [1.807, 2.05) is 0 Å². The van der Waals surface area contributed by atoms with Gasteiger partial charge in [-0.2, -0.15) is 0 Å². The lowest BCUT2D eigenvalue weighted by molar-refractivity contribution is 0.0528. The third-order valence-electron chi connectivity index (χ3n) is 4.27. The van der Waals surface area contributed by atoms with Crippen LogP contribution in [-0.4, -0.2) is 35.6 Å². The summed E-state index contributed by atoms with van der Waals surface area (Å²) in [6.45, 7) is 5.51. The van der Waals surface area contributed by atoms with Crippen molar-refractivity contribution in [2.24, 2.45) is 0 Å². The number of aromatic nitrogens is 2. The maximum absolute atomic E-state index is 14.5. The van der Waals surface area contributed by atoms with Crippen molar-refractivity contribution in [3.05, 3.63) is 72.4 Å². The number of alkyl carbamates (subject to hydrolysis) is 1. The van der Waals surface area contributed by atoms with Crippen LogP contribution in [0.15, 0.2) is 66.0 Å². The SMILES string of the molecule is CC(C)(C)OC(=O)NCCc1cc(-c2ccccc2F)n(S(=O)(=O)c2cccnc2)c1. The highest BCUT2D eigenvalue weighted by atomic mass is 32.2. The van der Waals surface area contributed by atoms with E-state index >= 15 is 0 Å². The summed E-state index contributed by atoms with van der Waals surface area (Å²) in [4.78, 5) is 15.7. The molecule has 0 saturated heterocycles.